The van der Waals surface area contributed by atoms with E-state index in [4.69, 9.17) is 14.2 Å². The minimum absolute atomic E-state index is 0.0948. The van der Waals surface area contributed by atoms with E-state index in [9.17, 15) is 14.4 Å². The predicted octanol–water partition coefficient (Wildman–Crippen LogP) is 23.9. The molecule has 0 amide bonds. The zero-order valence-electron chi connectivity index (χ0n) is 53.9. The molecule has 470 valence electrons. The maximum absolute atomic E-state index is 13.0. The molecular formula is C77H126O6. The van der Waals surface area contributed by atoms with E-state index in [0.717, 1.165) is 154 Å². The van der Waals surface area contributed by atoms with Crippen LogP contribution < -0.4 is 0 Å². The van der Waals surface area contributed by atoms with Crippen LogP contribution in [0.2, 0.25) is 0 Å². The lowest BCUT2D eigenvalue weighted by Crippen LogP contribution is -2.30. The summed E-state index contributed by atoms with van der Waals surface area (Å²) in [6.45, 7) is 6.40. The van der Waals surface area contributed by atoms with Gasteiger partial charge in [0.1, 0.15) is 13.2 Å². The number of ether oxygens (including phenoxy) is 3. The predicted molar refractivity (Wildman–Crippen MR) is 362 cm³/mol. The normalized spacial score (nSPS) is 13.0. The highest BCUT2D eigenvalue weighted by molar-refractivity contribution is 5.71. The maximum Gasteiger partial charge on any atom is 0.306 e. The molecule has 0 bridgehead atoms. The first kappa shape index (κ1) is 78.3. The molecule has 0 saturated carbocycles. The van der Waals surface area contributed by atoms with Gasteiger partial charge in [0.05, 0.1) is 0 Å². The van der Waals surface area contributed by atoms with Crippen molar-refractivity contribution in [3.05, 3.63) is 146 Å². The van der Waals surface area contributed by atoms with E-state index in [1.807, 2.05) is 0 Å². The number of esters is 3. The van der Waals surface area contributed by atoms with Crippen molar-refractivity contribution in [1.29, 1.82) is 0 Å². The van der Waals surface area contributed by atoms with Crippen molar-refractivity contribution in [3.63, 3.8) is 0 Å². The standard InChI is InChI=1S/C77H126O6/c1-4-7-10-13-16-19-22-25-28-31-33-35-36-37-38-39-40-42-43-46-49-52-55-58-61-64-67-70-76(79)82-73-74(72-81-75(78)69-66-63-60-57-54-51-48-45-30-27-24-21-18-15-12-9-6-3)83-77(80)71-68-65-62-59-56-53-50-47-44-41-34-32-29-26-23-20-17-14-11-8-5-2/h7-8,10-11,16-17,19-20,25-30,33-35,37-38,40-42,47,50,74H,4-6,9,12-15,18,21-24,31-32,36,39,43-46,48-49,51-73H2,1-3H3/b10-7-,11-8-,19-16-,20-17-,28-25-,29-26-,30-27-,35-33-,38-37-,41-34-,42-40-,50-47-. The summed E-state index contributed by atoms with van der Waals surface area (Å²) in [5.74, 6) is -0.922. The monoisotopic (exact) mass is 1150 g/mol. The Hall–Kier alpha value is -4.71. The summed E-state index contributed by atoms with van der Waals surface area (Å²) < 4.78 is 17.0. The lowest BCUT2D eigenvalue weighted by Gasteiger charge is -2.18. The third kappa shape index (κ3) is 68.0. The Kier molecular flexibility index (Phi) is 65.8. The molecule has 0 aliphatic rings. The van der Waals surface area contributed by atoms with Crippen LogP contribution in [-0.2, 0) is 28.6 Å². The summed E-state index contributed by atoms with van der Waals surface area (Å²) >= 11 is 0. The largest absolute Gasteiger partial charge is 0.462 e. The molecule has 0 spiro atoms. The van der Waals surface area contributed by atoms with Crippen LogP contribution in [0.4, 0.5) is 0 Å². The Bertz CT molecular complexity index is 1800. The van der Waals surface area contributed by atoms with Crippen molar-refractivity contribution >= 4 is 17.9 Å². The third-order valence-corrected chi connectivity index (χ3v) is 14.3. The van der Waals surface area contributed by atoms with Crippen LogP contribution in [0.5, 0.6) is 0 Å². The van der Waals surface area contributed by atoms with Gasteiger partial charge in [-0.3, -0.25) is 14.4 Å². The van der Waals surface area contributed by atoms with Gasteiger partial charge in [-0.25, -0.2) is 0 Å². The van der Waals surface area contributed by atoms with Gasteiger partial charge in [-0.1, -0.05) is 289 Å². The number of unbranched alkanes of at least 4 members (excludes halogenated alkanes) is 26. The summed E-state index contributed by atoms with van der Waals surface area (Å²) in [4.78, 5) is 38.5. The van der Waals surface area contributed by atoms with Crippen molar-refractivity contribution < 1.29 is 28.6 Å². The molecule has 0 N–H and O–H groups in total. The first-order valence-corrected chi connectivity index (χ1v) is 34.3. The molecule has 0 fully saturated rings. The van der Waals surface area contributed by atoms with Gasteiger partial charge in [-0.05, 0) is 141 Å². The minimum Gasteiger partial charge on any atom is -0.462 e. The zero-order valence-corrected chi connectivity index (χ0v) is 53.9. The average molecular weight is 1150 g/mol. The van der Waals surface area contributed by atoms with Crippen LogP contribution in [0.15, 0.2) is 146 Å². The Balaban J connectivity index is 4.44. The van der Waals surface area contributed by atoms with Gasteiger partial charge in [0.2, 0.25) is 0 Å². The fourth-order valence-electron chi connectivity index (χ4n) is 9.23. The molecule has 0 aromatic heterocycles. The van der Waals surface area contributed by atoms with E-state index in [1.165, 1.54) is 109 Å². The molecule has 0 radical (unpaired) electrons. The topological polar surface area (TPSA) is 78.9 Å². The third-order valence-electron chi connectivity index (χ3n) is 14.3. The number of carbonyl (C=O) groups is 3. The van der Waals surface area contributed by atoms with Crippen LogP contribution in [0.25, 0.3) is 0 Å². The Morgan fingerprint density at radius 1 is 0.253 bits per heavy atom. The molecular weight excluding hydrogens is 1020 g/mol. The first-order chi connectivity index (χ1) is 41.0. The Labute approximate surface area is 512 Å². The molecule has 0 aliphatic heterocycles. The van der Waals surface area contributed by atoms with Gasteiger partial charge in [0.15, 0.2) is 6.10 Å². The van der Waals surface area contributed by atoms with Gasteiger partial charge in [-0.2, -0.15) is 0 Å². The van der Waals surface area contributed by atoms with Gasteiger partial charge in [-0.15, -0.1) is 0 Å². The molecule has 0 aliphatic carbocycles. The van der Waals surface area contributed by atoms with Gasteiger partial charge >= 0.3 is 17.9 Å². The van der Waals surface area contributed by atoms with E-state index in [1.54, 1.807) is 0 Å². The molecule has 0 saturated heterocycles. The van der Waals surface area contributed by atoms with Crippen molar-refractivity contribution in [2.24, 2.45) is 0 Å². The van der Waals surface area contributed by atoms with Crippen molar-refractivity contribution in [1.82, 2.24) is 0 Å². The first-order valence-electron chi connectivity index (χ1n) is 34.3. The van der Waals surface area contributed by atoms with Crippen LogP contribution in [0.3, 0.4) is 0 Å². The summed E-state index contributed by atoms with van der Waals surface area (Å²) in [6.07, 6.45) is 99.9. The number of carbonyl (C=O) groups excluding carboxylic acids is 3. The molecule has 83 heavy (non-hydrogen) atoms. The molecule has 0 aromatic carbocycles. The van der Waals surface area contributed by atoms with E-state index in [-0.39, 0.29) is 31.1 Å². The molecule has 0 aromatic rings. The van der Waals surface area contributed by atoms with E-state index >= 15 is 0 Å². The molecule has 1 unspecified atom stereocenters. The van der Waals surface area contributed by atoms with E-state index in [0.29, 0.717) is 19.3 Å². The van der Waals surface area contributed by atoms with E-state index in [2.05, 4.69) is 167 Å². The van der Waals surface area contributed by atoms with Crippen LogP contribution in [0.1, 0.15) is 303 Å². The summed E-state index contributed by atoms with van der Waals surface area (Å²) in [7, 11) is 0. The lowest BCUT2D eigenvalue weighted by molar-refractivity contribution is -0.167. The summed E-state index contributed by atoms with van der Waals surface area (Å²) in [6, 6.07) is 0. The number of allylic oxidation sites excluding steroid dienone is 24. The minimum atomic E-state index is -0.802. The van der Waals surface area contributed by atoms with Crippen LogP contribution in [0, 0.1) is 0 Å². The van der Waals surface area contributed by atoms with Crippen LogP contribution >= 0.6 is 0 Å². The summed E-state index contributed by atoms with van der Waals surface area (Å²) in [5.41, 5.74) is 0. The second-order valence-corrected chi connectivity index (χ2v) is 22.3. The SMILES string of the molecule is CC/C=C\C/C=C\C/C=C\C/C=C\C/C=C\C/C=C\CCCCCCCCCCC(=O)OCC(COC(=O)CCCCCCCCC/C=C\CCCCCCCC)OC(=O)CCCCCCC/C=C\C/C=C\C/C=C\C/C=C\C/C=C\CC. The van der Waals surface area contributed by atoms with Crippen molar-refractivity contribution in [2.75, 3.05) is 13.2 Å². The van der Waals surface area contributed by atoms with Crippen molar-refractivity contribution in [3.8, 4) is 0 Å². The smallest absolute Gasteiger partial charge is 0.306 e. The molecule has 0 heterocycles. The molecule has 6 nitrogen and oxygen atoms in total. The fraction of sp³-hybridized carbons (Fsp3) is 0.649. The molecule has 6 heteroatoms. The average Bonchev–Trinajstić information content (AvgIpc) is 3.49. The van der Waals surface area contributed by atoms with Crippen molar-refractivity contribution in [2.45, 2.75) is 309 Å². The number of hydrogen-bond acceptors (Lipinski definition) is 6. The number of rotatable bonds is 61. The highest BCUT2D eigenvalue weighted by atomic mass is 16.6. The van der Waals surface area contributed by atoms with Gasteiger partial charge < -0.3 is 14.2 Å². The van der Waals surface area contributed by atoms with Crippen LogP contribution in [-0.4, -0.2) is 37.2 Å². The molecule has 1 atom stereocenters. The van der Waals surface area contributed by atoms with Gasteiger partial charge in [0.25, 0.3) is 0 Å². The number of hydrogen-bond donors (Lipinski definition) is 0. The lowest BCUT2D eigenvalue weighted by atomic mass is 10.1. The van der Waals surface area contributed by atoms with E-state index < -0.39 is 6.10 Å². The zero-order chi connectivity index (χ0) is 59.9. The second kappa shape index (κ2) is 69.8. The highest BCUT2D eigenvalue weighted by Crippen LogP contribution is 2.15. The van der Waals surface area contributed by atoms with Gasteiger partial charge in [0, 0.05) is 19.3 Å². The Morgan fingerprint density at radius 2 is 0.470 bits per heavy atom. The second-order valence-electron chi connectivity index (χ2n) is 22.3. The molecule has 0 rings (SSSR count). The maximum atomic E-state index is 13.0. The highest BCUT2D eigenvalue weighted by Gasteiger charge is 2.19. The fourth-order valence-corrected chi connectivity index (χ4v) is 9.23. The Morgan fingerprint density at radius 3 is 0.747 bits per heavy atom. The quantitative estimate of drug-likeness (QED) is 0.0261. The summed E-state index contributed by atoms with van der Waals surface area (Å²) in [5, 5.41) is 0.